The van der Waals surface area contributed by atoms with Crippen LogP contribution in [-0.2, 0) is 9.53 Å². The number of aliphatic hydroxyl groups excluding tert-OH is 1. The predicted octanol–water partition coefficient (Wildman–Crippen LogP) is 3.98. The van der Waals surface area contributed by atoms with Crippen LogP contribution in [0.1, 0.15) is 59.6 Å². The van der Waals surface area contributed by atoms with Crippen molar-refractivity contribution in [3.05, 3.63) is 52.1 Å². The van der Waals surface area contributed by atoms with E-state index in [-0.39, 0.29) is 17.9 Å². The van der Waals surface area contributed by atoms with Gasteiger partial charge in [-0.05, 0) is 70.6 Å². The number of hydrogen-bond donors (Lipinski definition) is 4. The van der Waals surface area contributed by atoms with Gasteiger partial charge in [-0.25, -0.2) is 4.39 Å². The summed E-state index contributed by atoms with van der Waals surface area (Å²) in [6.45, 7) is 9.03. The number of rotatable bonds is 9. The molecule has 2 aromatic rings. The van der Waals surface area contributed by atoms with Gasteiger partial charge in [0.25, 0.3) is 11.8 Å². The highest BCUT2D eigenvalue weighted by molar-refractivity contribution is 6.34. The van der Waals surface area contributed by atoms with E-state index in [0.717, 1.165) is 32.1 Å². The van der Waals surface area contributed by atoms with E-state index in [4.69, 9.17) is 9.84 Å². The molecule has 0 bridgehead atoms. The van der Waals surface area contributed by atoms with E-state index in [2.05, 4.69) is 20.5 Å². The molecule has 3 rings (SSSR count). The minimum atomic E-state index is -0.410. The number of aromatic amines is 1. The topological polar surface area (TPSA) is 107 Å². The van der Waals surface area contributed by atoms with Gasteiger partial charge in [0.1, 0.15) is 5.82 Å². The number of hydrogen-bond acceptors (Lipinski definition) is 5. The number of aryl methyl sites for hydroxylation is 1. The zero-order valence-corrected chi connectivity index (χ0v) is 22.7. The minimum Gasteiger partial charge on any atom is -0.400 e. The number of H-pyrrole nitrogens is 1. The number of anilines is 1. The van der Waals surface area contributed by atoms with Gasteiger partial charge in [0.05, 0.1) is 17.2 Å². The van der Waals surface area contributed by atoms with Gasteiger partial charge >= 0.3 is 0 Å². The lowest BCUT2D eigenvalue weighted by molar-refractivity contribution is -0.110. The molecule has 2 heterocycles. The SMILES string of the molecule is CC.CO.CO[C@@H](CCCNC(=O)c1c(C)[nH]c(/C=C2\C(=O)Nc3ccc(F)cc32)c1C)CN(C)C. The van der Waals surface area contributed by atoms with Crippen molar-refractivity contribution >= 4 is 29.2 Å². The maximum atomic E-state index is 13.7. The Balaban J connectivity index is 0.00000154. The molecule has 1 aliphatic heterocycles. The van der Waals surface area contributed by atoms with Crippen molar-refractivity contribution in [3.8, 4) is 0 Å². The largest absolute Gasteiger partial charge is 0.400 e. The second kappa shape index (κ2) is 15.2. The van der Waals surface area contributed by atoms with Gasteiger partial charge in [0.15, 0.2) is 0 Å². The third kappa shape index (κ3) is 8.01. The molecule has 4 N–H and O–H groups in total. The van der Waals surface area contributed by atoms with E-state index in [1.54, 1.807) is 19.3 Å². The first-order valence-corrected chi connectivity index (χ1v) is 12.1. The Hall–Kier alpha value is -3.01. The summed E-state index contributed by atoms with van der Waals surface area (Å²) in [5.41, 5.74) is 4.12. The number of aromatic nitrogens is 1. The first-order valence-electron chi connectivity index (χ1n) is 12.1. The van der Waals surface area contributed by atoms with E-state index in [1.165, 1.54) is 12.1 Å². The number of fused-ring (bicyclic) bond motifs is 1. The lowest BCUT2D eigenvalue weighted by Gasteiger charge is -2.19. The molecular formula is C27H41FN4O4. The number of likely N-dealkylation sites (N-methyl/N-ethyl adjacent to an activating group) is 1. The number of nitrogens with one attached hydrogen (secondary N) is 3. The number of aliphatic hydroxyl groups is 1. The van der Waals surface area contributed by atoms with Gasteiger partial charge in [-0.15, -0.1) is 0 Å². The zero-order chi connectivity index (χ0) is 27.4. The Kier molecular flexibility index (Phi) is 13.1. The van der Waals surface area contributed by atoms with Crippen LogP contribution in [0.2, 0.25) is 0 Å². The number of amides is 2. The molecule has 1 aliphatic rings. The van der Waals surface area contributed by atoms with Crippen LogP contribution in [0.3, 0.4) is 0 Å². The highest BCUT2D eigenvalue weighted by atomic mass is 19.1. The summed E-state index contributed by atoms with van der Waals surface area (Å²) >= 11 is 0. The van der Waals surface area contributed by atoms with E-state index < -0.39 is 5.82 Å². The molecule has 0 aliphatic carbocycles. The van der Waals surface area contributed by atoms with E-state index in [1.807, 2.05) is 41.8 Å². The molecule has 0 saturated carbocycles. The highest BCUT2D eigenvalue weighted by Crippen LogP contribution is 2.34. The van der Waals surface area contributed by atoms with Crippen LogP contribution in [0, 0.1) is 19.7 Å². The van der Waals surface area contributed by atoms with Crippen molar-refractivity contribution in [2.45, 2.75) is 46.6 Å². The third-order valence-corrected chi connectivity index (χ3v) is 5.65. The molecule has 36 heavy (non-hydrogen) atoms. The molecule has 0 radical (unpaired) electrons. The normalized spacial score (nSPS) is 13.9. The van der Waals surface area contributed by atoms with Gasteiger partial charge in [-0.2, -0.15) is 0 Å². The Bertz CT molecular complexity index is 1050. The van der Waals surface area contributed by atoms with Gasteiger partial charge < -0.3 is 30.4 Å². The number of ether oxygens (including phenoxy) is 1. The van der Waals surface area contributed by atoms with Crippen molar-refractivity contribution in [2.24, 2.45) is 0 Å². The summed E-state index contributed by atoms with van der Waals surface area (Å²) in [5, 5.41) is 12.7. The molecule has 0 spiro atoms. The molecule has 1 atom stereocenters. The Labute approximate surface area is 213 Å². The minimum absolute atomic E-state index is 0.126. The lowest BCUT2D eigenvalue weighted by atomic mass is 10.0. The standard InChI is InChI=1S/C24H31FN4O3.C2H6.CH4O/c1-14-21(12-19-18-11-16(25)8-9-20(18)28-23(19)30)27-15(2)22(14)24(31)26-10-6-7-17(32-5)13-29(3)4;2*1-2/h8-9,11-12,17,27H,6-7,10,13H2,1-5H3,(H,26,31)(H,28,30);1-2H3;2H,1H3/b19-12-;;/t17-;;/m0../s1. The molecule has 1 aromatic carbocycles. The monoisotopic (exact) mass is 504 g/mol. The fourth-order valence-electron chi connectivity index (χ4n) is 4.02. The van der Waals surface area contributed by atoms with E-state index in [9.17, 15) is 14.0 Å². The Morgan fingerprint density at radius 3 is 2.53 bits per heavy atom. The van der Waals surface area contributed by atoms with Crippen molar-refractivity contribution in [3.63, 3.8) is 0 Å². The van der Waals surface area contributed by atoms with Crippen molar-refractivity contribution in [1.29, 1.82) is 0 Å². The summed E-state index contributed by atoms with van der Waals surface area (Å²) in [4.78, 5) is 30.5. The summed E-state index contributed by atoms with van der Waals surface area (Å²) in [7, 11) is 6.71. The third-order valence-electron chi connectivity index (χ3n) is 5.65. The van der Waals surface area contributed by atoms with Crippen LogP contribution in [0.4, 0.5) is 10.1 Å². The fourth-order valence-corrected chi connectivity index (χ4v) is 4.02. The molecule has 200 valence electrons. The number of carbonyl (C=O) groups is 2. The zero-order valence-electron chi connectivity index (χ0n) is 22.7. The van der Waals surface area contributed by atoms with Crippen LogP contribution in [-0.4, -0.2) is 74.3 Å². The summed E-state index contributed by atoms with van der Waals surface area (Å²) in [6.07, 6.45) is 3.45. The van der Waals surface area contributed by atoms with Crippen LogP contribution in [0.25, 0.3) is 11.6 Å². The second-order valence-electron chi connectivity index (χ2n) is 8.38. The van der Waals surface area contributed by atoms with Crippen LogP contribution >= 0.6 is 0 Å². The van der Waals surface area contributed by atoms with Crippen molar-refractivity contribution in [2.75, 3.05) is 46.7 Å². The molecule has 9 heteroatoms. The van der Waals surface area contributed by atoms with E-state index >= 15 is 0 Å². The lowest BCUT2D eigenvalue weighted by Crippen LogP contribution is -2.30. The molecule has 0 unspecified atom stereocenters. The van der Waals surface area contributed by atoms with Gasteiger partial charge in [0.2, 0.25) is 0 Å². The quantitative estimate of drug-likeness (QED) is 0.305. The fraction of sp³-hybridized carbons (Fsp3) is 0.481. The Morgan fingerprint density at radius 2 is 1.92 bits per heavy atom. The number of methoxy groups -OCH3 is 1. The number of carbonyl (C=O) groups excluding carboxylic acids is 2. The number of nitrogens with zero attached hydrogens (tertiary/aromatic N) is 1. The second-order valence-corrected chi connectivity index (χ2v) is 8.38. The smallest absolute Gasteiger partial charge is 0.256 e. The van der Waals surface area contributed by atoms with Crippen molar-refractivity contribution in [1.82, 2.24) is 15.2 Å². The molecule has 8 nitrogen and oxygen atoms in total. The molecule has 1 aromatic heterocycles. The van der Waals surface area contributed by atoms with Crippen molar-refractivity contribution < 1.29 is 23.8 Å². The first kappa shape index (κ1) is 31.0. The van der Waals surface area contributed by atoms with Crippen LogP contribution < -0.4 is 10.6 Å². The molecule has 2 amide bonds. The summed E-state index contributed by atoms with van der Waals surface area (Å²) in [6, 6.07) is 4.19. The Morgan fingerprint density at radius 1 is 1.25 bits per heavy atom. The maximum Gasteiger partial charge on any atom is 0.256 e. The highest BCUT2D eigenvalue weighted by Gasteiger charge is 2.26. The first-order chi connectivity index (χ1) is 17.2. The summed E-state index contributed by atoms with van der Waals surface area (Å²) in [5.74, 6) is -0.870. The maximum absolute atomic E-state index is 13.7. The van der Waals surface area contributed by atoms with Crippen LogP contribution in [0.5, 0.6) is 0 Å². The van der Waals surface area contributed by atoms with E-state index in [0.29, 0.717) is 40.3 Å². The summed E-state index contributed by atoms with van der Waals surface area (Å²) < 4.78 is 19.2. The van der Waals surface area contributed by atoms with Gasteiger partial charge in [-0.1, -0.05) is 13.8 Å². The average molecular weight is 505 g/mol. The number of halogens is 1. The average Bonchev–Trinajstić information content (AvgIpc) is 3.32. The number of benzene rings is 1. The molecule has 0 fully saturated rings. The molecule has 0 saturated heterocycles. The van der Waals surface area contributed by atoms with Crippen LogP contribution in [0.15, 0.2) is 18.2 Å². The van der Waals surface area contributed by atoms with Gasteiger partial charge in [-0.3, -0.25) is 9.59 Å². The van der Waals surface area contributed by atoms with Gasteiger partial charge in [0, 0.05) is 49.9 Å². The predicted molar refractivity (Wildman–Crippen MR) is 144 cm³/mol. The molecular weight excluding hydrogens is 463 g/mol.